The summed E-state index contributed by atoms with van der Waals surface area (Å²) < 4.78 is 0. The highest BCUT2D eigenvalue weighted by Gasteiger charge is 2.20. The van der Waals surface area contributed by atoms with Crippen LogP contribution in [0.2, 0.25) is 5.02 Å². The molecule has 1 aliphatic heterocycles. The Morgan fingerprint density at radius 2 is 2.38 bits per heavy atom. The summed E-state index contributed by atoms with van der Waals surface area (Å²) in [5.41, 5.74) is -0.0902. The van der Waals surface area contributed by atoms with Crippen molar-refractivity contribution in [3.05, 3.63) is 27.4 Å². The molecular formula is C14H21ClN4O2. The Hall–Kier alpha value is -1.40. The van der Waals surface area contributed by atoms with Crippen LogP contribution in [-0.2, 0) is 0 Å². The van der Waals surface area contributed by atoms with Gasteiger partial charge in [0, 0.05) is 25.2 Å². The molecule has 0 spiro atoms. The fourth-order valence-electron chi connectivity index (χ4n) is 2.79. The molecule has 7 heteroatoms. The molecule has 21 heavy (non-hydrogen) atoms. The molecule has 116 valence electrons. The maximum atomic E-state index is 10.6. The predicted octanol–water partition coefficient (Wildman–Crippen LogP) is 3.32. The lowest BCUT2D eigenvalue weighted by Crippen LogP contribution is -2.41. The van der Waals surface area contributed by atoms with Crippen LogP contribution in [0.1, 0.15) is 32.6 Å². The first-order valence-corrected chi connectivity index (χ1v) is 7.77. The Morgan fingerprint density at radius 3 is 3.05 bits per heavy atom. The van der Waals surface area contributed by atoms with E-state index in [1.807, 2.05) is 0 Å². The summed E-state index contributed by atoms with van der Waals surface area (Å²) in [6.45, 7) is 5.04. The minimum Gasteiger partial charge on any atom is -0.368 e. The molecular weight excluding hydrogens is 292 g/mol. The van der Waals surface area contributed by atoms with Gasteiger partial charge in [-0.05, 0) is 25.8 Å². The summed E-state index contributed by atoms with van der Waals surface area (Å²) in [6.07, 6.45) is 6.25. The minimum absolute atomic E-state index is 0.0902. The number of aromatic nitrogens is 1. The molecule has 1 atom stereocenters. The second-order valence-corrected chi connectivity index (χ2v) is 5.71. The zero-order valence-electron chi connectivity index (χ0n) is 12.2. The molecule has 1 fully saturated rings. The van der Waals surface area contributed by atoms with E-state index in [1.165, 1.54) is 37.9 Å². The number of hydrogen-bond acceptors (Lipinski definition) is 5. The smallest absolute Gasteiger partial charge is 0.289 e. The minimum atomic E-state index is -0.498. The van der Waals surface area contributed by atoms with Crippen molar-refractivity contribution >= 4 is 23.1 Å². The quantitative estimate of drug-likeness (QED) is 0.644. The lowest BCUT2D eigenvalue weighted by molar-refractivity contribution is -0.385. The summed E-state index contributed by atoms with van der Waals surface area (Å²) in [5.74, 6) is 0.507. The third-order valence-corrected chi connectivity index (χ3v) is 4.24. The molecule has 6 nitrogen and oxygen atoms in total. The molecule has 0 amide bonds. The molecule has 1 saturated heterocycles. The van der Waals surface area contributed by atoms with Crippen molar-refractivity contribution in [2.24, 2.45) is 0 Å². The van der Waals surface area contributed by atoms with Gasteiger partial charge in [0.15, 0.2) is 0 Å². The number of hydrogen-bond donors (Lipinski definition) is 1. The predicted molar refractivity (Wildman–Crippen MR) is 83.9 cm³/mol. The summed E-state index contributed by atoms with van der Waals surface area (Å²) in [4.78, 5) is 16.7. The van der Waals surface area contributed by atoms with Crippen LogP contribution >= 0.6 is 11.6 Å². The SMILES string of the molecule is CCC1CCCCN1CCNc1ncc([N+](=O)[O-])cc1Cl. The molecule has 0 radical (unpaired) electrons. The molecule has 0 aliphatic carbocycles. The third-order valence-electron chi connectivity index (χ3n) is 3.95. The van der Waals surface area contributed by atoms with Crippen LogP contribution in [0.3, 0.4) is 0 Å². The fraction of sp³-hybridized carbons (Fsp3) is 0.643. The van der Waals surface area contributed by atoms with Crippen molar-refractivity contribution in [1.29, 1.82) is 0 Å². The van der Waals surface area contributed by atoms with Gasteiger partial charge in [-0.1, -0.05) is 24.9 Å². The summed E-state index contributed by atoms with van der Waals surface area (Å²) in [7, 11) is 0. The van der Waals surface area contributed by atoms with E-state index in [0.717, 1.165) is 19.6 Å². The number of nitrogens with one attached hydrogen (secondary N) is 1. The number of rotatable bonds is 6. The van der Waals surface area contributed by atoms with E-state index >= 15 is 0 Å². The monoisotopic (exact) mass is 312 g/mol. The van der Waals surface area contributed by atoms with Gasteiger partial charge < -0.3 is 5.32 Å². The molecule has 0 saturated carbocycles. The van der Waals surface area contributed by atoms with Crippen LogP contribution in [0.15, 0.2) is 12.3 Å². The molecule has 1 aromatic rings. The van der Waals surface area contributed by atoms with Crippen molar-refractivity contribution in [3.63, 3.8) is 0 Å². The average molecular weight is 313 g/mol. The molecule has 1 N–H and O–H groups in total. The van der Waals surface area contributed by atoms with Crippen molar-refractivity contribution < 1.29 is 4.92 Å². The highest BCUT2D eigenvalue weighted by Crippen LogP contribution is 2.24. The van der Waals surface area contributed by atoms with Gasteiger partial charge in [-0.2, -0.15) is 0 Å². The maximum absolute atomic E-state index is 10.6. The van der Waals surface area contributed by atoms with Gasteiger partial charge >= 0.3 is 0 Å². The molecule has 0 aromatic carbocycles. The van der Waals surface area contributed by atoms with Crippen LogP contribution in [0.5, 0.6) is 0 Å². The van der Waals surface area contributed by atoms with Gasteiger partial charge in [-0.3, -0.25) is 15.0 Å². The standard InChI is InChI=1S/C14H21ClN4O2/c1-2-11-5-3-4-7-18(11)8-6-16-14-13(15)9-12(10-17-14)19(20)21/h9-11H,2-8H2,1H3,(H,16,17). The molecule has 1 unspecified atom stereocenters. The largest absolute Gasteiger partial charge is 0.368 e. The van der Waals surface area contributed by atoms with Crippen molar-refractivity contribution in [2.45, 2.75) is 38.6 Å². The number of likely N-dealkylation sites (tertiary alicyclic amines) is 1. The number of nitro groups is 1. The van der Waals surface area contributed by atoms with Gasteiger partial charge in [0.05, 0.1) is 9.95 Å². The lowest BCUT2D eigenvalue weighted by atomic mass is 10.0. The molecule has 2 rings (SSSR count). The Labute approximate surface area is 129 Å². The van der Waals surface area contributed by atoms with Crippen LogP contribution in [0.4, 0.5) is 11.5 Å². The number of pyridine rings is 1. The van der Waals surface area contributed by atoms with E-state index in [0.29, 0.717) is 11.9 Å². The first-order valence-electron chi connectivity index (χ1n) is 7.39. The second kappa shape index (κ2) is 7.56. The van der Waals surface area contributed by atoms with Crippen molar-refractivity contribution in [1.82, 2.24) is 9.88 Å². The highest BCUT2D eigenvalue weighted by atomic mass is 35.5. The summed E-state index contributed by atoms with van der Waals surface area (Å²) in [5, 5.41) is 14.1. The van der Waals surface area contributed by atoms with Crippen molar-refractivity contribution in [3.8, 4) is 0 Å². The second-order valence-electron chi connectivity index (χ2n) is 5.30. The van der Waals surface area contributed by atoms with Gasteiger partial charge in [0.1, 0.15) is 12.0 Å². The number of halogens is 1. The van der Waals surface area contributed by atoms with Gasteiger partial charge in [0.2, 0.25) is 0 Å². The molecule has 1 aliphatic rings. The van der Waals surface area contributed by atoms with Crippen LogP contribution < -0.4 is 5.32 Å². The fourth-order valence-corrected chi connectivity index (χ4v) is 3.02. The first-order chi connectivity index (χ1) is 10.1. The highest BCUT2D eigenvalue weighted by molar-refractivity contribution is 6.33. The van der Waals surface area contributed by atoms with Crippen LogP contribution in [-0.4, -0.2) is 40.5 Å². The zero-order chi connectivity index (χ0) is 15.2. The normalized spacial score (nSPS) is 19.4. The first kappa shape index (κ1) is 16.0. The molecule has 2 heterocycles. The summed E-state index contributed by atoms with van der Waals surface area (Å²) in [6, 6.07) is 1.99. The average Bonchev–Trinajstić information content (AvgIpc) is 2.49. The van der Waals surface area contributed by atoms with E-state index in [4.69, 9.17) is 11.6 Å². The van der Waals surface area contributed by atoms with Gasteiger partial charge in [0.25, 0.3) is 5.69 Å². The Morgan fingerprint density at radius 1 is 1.57 bits per heavy atom. The van der Waals surface area contributed by atoms with Crippen LogP contribution in [0.25, 0.3) is 0 Å². The van der Waals surface area contributed by atoms with Crippen molar-refractivity contribution in [2.75, 3.05) is 25.0 Å². The lowest BCUT2D eigenvalue weighted by Gasteiger charge is -2.35. The Bertz CT molecular complexity index is 498. The zero-order valence-corrected chi connectivity index (χ0v) is 13.0. The Kier molecular flexibility index (Phi) is 5.76. The van der Waals surface area contributed by atoms with E-state index in [1.54, 1.807) is 0 Å². The van der Waals surface area contributed by atoms with E-state index in [2.05, 4.69) is 22.1 Å². The molecule has 1 aromatic heterocycles. The summed E-state index contributed by atoms with van der Waals surface area (Å²) >= 11 is 6.01. The maximum Gasteiger partial charge on any atom is 0.289 e. The number of nitrogens with zero attached hydrogens (tertiary/aromatic N) is 3. The molecule has 0 bridgehead atoms. The van der Waals surface area contributed by atoms with Gasteiger partial charge in [-0.15, -0.1) is 0 Å². The number of piperidine rings is 1. The van der Waals surface area contributed by atoms with E-state index in [9.17, 15) is 10.1 Å². The topological polar surface area (TPSA) is 71.3 Å². The number of anilines is 1. The Balaban J connectivity index is 1.87. The van der Waals surface area contributed by atoms with E-state index in [-0.39, 0.29) is 10.7 Å². The van der Waals surface area contributed by atoms with Crippen LogP contribution in [0, 0.1) is 10.1 Å². The van der Waals surface area contributed by atoms with Gasteiger partial charge in [-0.25, -0.2) is 4.98 Å². The third kappa shape index (κ3) is 4.28. The van der Waals surface area contributed by atoms with E-state index < -0.39 is 4.92 Å².